The van der Waals surface area contributed by atoms with Gasteiger partial charge < -0.3 is 10.3 Å². The number of benzene rings is 1. The normalized spacial score (nSPS) is 11.3. The Bertz CT molecular complexity index is 733. The maximum absolute atomic E-state index is 6.05. The number of nitrogens with zero attached hydrogens (tertiary/aromatic N) is 2. The number of hydrogen-bond donors (Lipinski definition) is 1. The number of aryl methyl sites for hydroxylation is 3. The van der Waals surface area contributed by atoms with Crippen LogP contribution in [0, 0.1) is 20.8 Å². The minimum Gasteiger partial charge on any atom is -0.369 e. The second-order valence-electron chi connectivity index (χ2n) is 5.00. The zero-order chi connectivity index (χ0) is 13.6. The molecule has 98 valence electrons. The molecule has 3 nitrogen and oxygen atoms in total. The molecule has 0 unspecified atom stereocenters. The number of anilines is 1. The van der Waals surface area contributed by atoms with E-state index in [4.69, 9.17) is 5.73 Å². The lowest BCUT2D eigenvalue weighted by molar-refractivity contribution is 0.852. The minimum absolute atomic E-state index is 0.587. The molecule has 0 saturated heterocycles. The number of hydrogen-bond acceptors (Lipinski definition) is 3. The van der Waals surface area contributed by atoms with Crippen molar-refractivity contribution in [1.82, 2.24) is 9.55 Å². The molecule has 2 aromatic heterocycles. The number of nitrogen functional groups attached to an aromatic ring is 1. The van der Waals surface area contributed by atoms with E-state index in [1.54, 1.807) is 0 Å². The summed E-state index contributed by atoms with van der Waals surface area (Å²) < 4.78 is 2.09. The van der Waals surface area contributed by atoms with E-state index in [9.17, 15) is 0 Å². The number of aromatic nitrogens is 2. The topological polar surface area (TPSA) is 43.8 Å². The van der Waals surface area contributed by atoms with Gasteiger partial charge in [0.25, 0.3) is 0 Å². The number of imidazole rings is 1. The molecule has 1 aromatic carbocycles. The van der Waals surface area contributed by atoms with E-state index in [-0.39, 0.29) is 0 Å². The van der Waals surface area contributed by atoms with E-state index < -0.39 is 0 Å². The van der Waals surface area contributed by atoms with Gasteiger partial charge in [0.2, 0.25) is 5.95 Å². The molecule has 0 fully saturated rings. The lowest BCUT2D eigenvalue weighted by Crippen LogP contribution is -2.03. The average Bonchev–Trinajstić information content (AvgIpc) is 2.82. The Morgan fingerprint density at radius 3 is 2.68 bits per heavy atom. The predicted octanol–water partition coefficient (Wildman–Crippen LogP) is 3.65. The van der Waals surface area contributed by atoms with Crippen molar-refractivity contribution in [3.05, 3.63) is 45.1 Å². The van der Waals surface area contributed by atoms with Gasteiger partial charge in [-0.05, 0) is 50.1 Å². The lowest BCUT2D eigenvalue weighted by atomic mass is 10.2. The molecule has 19 heavy (non-hydrogen) atoms. The first-order valence-corrected chi connectivity index (χ1v) is 7.14. The molecule has 2 heterocycles. The Labute approximate surface area is 116 Å². The molecule has 0 atom stereocenters. The Morgan fingerprint density at radius 2 is 2.00 bits per heavy atom. The van der Waals surface area contributed by atoms with E-state index >= 15 is 0 Å². The Balaban J connectivity index is 2.09. The van der Waals surface area contributed by atoms with Crippen LogP contribution in [0.2, 0.25) is 0 Å². The van der Waals surface area contributed by atoms with Crippen LogP contribution in [0.5, 0.6) is 0 Å². The summed E-state index contributed by atoms with van der Waals surface area (Å²) in [5.41, 5.74) is 10.7. The summed E-state index contributed by atoms with van der Waals surface area (Å²) in [6.45, 7) is 7.19. The van der Waals surface area contributed by atoms with E-state index in [0.717, 1.165) is 17.6 Å². The molecule has 0 aliphatic heterocycles. The molecule has 2 N–H and O–H groups in total. The van der Waals surface area contributed by atoms with Crippen molar-refractivity contribution in [2.24, 2.45) is 0 Å². The van der Waals surface area contributed by atoms with Gasteiger partial charge >= 0.3 is 0 Å². The van der Waals surface area contributed by atoms with Crippen molar-refractivity contribution in [2.45, 2.75) is 27.3 Å². The molecule has 0 aliphatic rings. The van der Waals surface area contributed by atoms with Crippen LogP contribution >= 0.6 is 11.3 Å². The second-order valence-corrected chi connectivity index (χ2v) is 6.34. The van der Waals surface area contributed by atoms with Gasteiger partial charge in [0.05, 0.1) is 17.6 Å². The molecular weight excluding hydrogens is 254 g/mol. The summed E-state index contributed by atoms with van der Waals surface area (Å²) in [6.07, 6.45) is 0. The second kappa shape index (κ2) is 4.38. The summed E-state index contributed by atoms with van der Waals surface area (Å²) in [7, 11) is 0. The van der Waals surface area contributed by atoms with Gasteiger partial charge in [-0.3, -0.25) is 0 Å². The third kappa shape index (κ3) is 2.12. The summed E-state index contributed by atoms with van der Waals surface area (Å²) in [4.78, 5) is 7.12. The standard InChI is InChI=1S/C15H17N3S/c1-9-4-5-13-14(6-9)18(15(16)17-13)8-12-7-10(2)11(3)19-12/h4-7H,8H2,1-3H3,(H2,16,17). The Morgan fingerprint density at radius 1 is 1.21 bits per heavy atom. The van der Waals surface area contributed by atoms with Crippen LogP contribution in [0.15, 0.2) is 24.3 Å². The highest BCUT2D eigenvalue weighted by Crippen LogP contribution is 2.25. The van der Waals surface area contributed by atoms with Crippen LogP contribution in [0.3, 0.4) is 0 Å². The van der Waals surface area contributed by atoms with Crippen LogP contribution in [0.1, 0.15) is 20.9 Å². The molecule has 3 aromatic rings. The van der Waals surface area contributed by atoms with Crippen molar-refractivity contribution >= 4 is 28.3 Å². The van der Waals surface area contributed by atoms with Gasteiger partial charge in [0, 0.05) is 9.75 Å². The van der Waals surface area contributed by atoms with Crippen LogP contribution in [0.25, 0.3) is 11.0 Å². The fraction of sp³-hybridized carbons (Fsp3) is 0.267. The summed E-state index contributed by atoms with van der Waals surface area (Å²) in [6, 6.07) is 8.48. The van der Waals surface area contributed by atoms with E-state index in [0.29, 0.717) is 5.95 Å². The third-order valence-corrected chi connectivity index (χ3v) is 4.60. The number of fused-ring (bicyclic) bond motifs is 1. The predicted molar refractivity (Wildman–Crippen MR) is 81.8 cm³/mol. The van der Waals surface area contributed by atoms with Gasteiger partial charge in [-0.25, -0.2) is 4.98 Å². The fourth-order valence-corrected chi connectivity index (χ4v) is 3.34. The van der Waals surface area contributed by atoms with Gasteiger partial charge in [-0.2, -0.15) is 0 Å². The molecule has 0 saturated carbocycles. The van der Waals surface area contributed by atoms with Gasteiger partial charge in [0.1, 0.15) is 0 Å². The SMILES string of the molecule is Cc1ccc2nc(N)n(Cc3cc(C)c(C)s3)c2c1. The molecule has 0 aliphatic carbocycles. The zero-order valence-corrected chi connectivity index (χ0v) is 12.2. The van der Waals surface area contributed by atoms with Gasteiger partial charge in [-0.1, -0.05) is 6.07 Å². The highest BCUT2D eigenvalue weighted by molar-refractivity contribution is 7.12. The van der Waals surface area contributed by atoms with Crippen LogP contribution < -0.4 is 5.73 Å². The maximum Gasteiger partial charge on any atom is 0.201 e. The van der Waals surface area contributed by atoms with Crippen LogP contribution in [-0.2, 0) is 6.54 Å². The smallest absolute Gasteiger partial charge is 0.201 e. The molecule has 0 spiro atoms. The van der Waals surface area contributed by atoms with Gasteiger partial charge in [0.15, 0.2) is 0 Å². The number of thiophene rings is 1. The van der Waals surface area contributed by atoms with Crippen molar-refractivity contribution in [3.8, 4) is 0 Å². The van der Waals surface area contributed by atoms with Crippen molar-refractivity contribution in [2.75, 3.05) is 5.73 Å². The first-order chi connectivity index (χ1) is 9.04. The van der Waals surface area contributed by atoms with E-state index in [1.807, 2.05) is 17.4 Å². The summed E-state index contributed by atoms with van der Waals surface area (Å²) in [5.74, 6) is 0.587. The highest BCUT2D eigenvalue weighted by Gasteiger charge is 2.10. The molecule has 3 rings (SSSR count). The lowest BCUT2D eigenvalue weighted by Gasteiger charge is -2.04. The largest absolute Gasteiger partial charge is 0.369 e. The average molecular weight is 271 g/mol. The monoisotopic (exact) mass is 271 g/mol. The summed E-state index contributed by atoms with van der Waals surface area (Å²) in [5, 5.41) is 0. The summed E-state index contributed by atoms with van der Waals surface area (Å²) >= 11 is 1.83. The van der Waals surface area contributed by atoms with Crippen molar-refractivity contribution in [3.63, 3.8) is 0 Å². The first kappa shape index (κ1) is 12.2. The van der Waals surface area contributed by atoms with Crippen molar-refractivity contribution in [1.29, 1.82) is 0 Å². The van der Waals surface area contributed by atoms with Gasteiger partial charge in [-0.15, -0.1) is 11.3 Å². The Kier molecular flexibility index (Phi) is 2.82. The first-order valence-electron chi connectivity index (χ1n) is 6.33. The quantitative estimate of drug-likeness (QED) is 0.773. The van der Waals surface area contributed by atoms with Crippen LogP contribution in [0.4, 0.5) is 5.95 Å². The molecule has 0 bridgehead atoms. The van der Waals surface area contributed by atoms with E-state index in [2.05, 4.69) is 48.5 Å². The molecule has 4 heteroatoms. The maximum atomic E-state index is 6.05. The third-order valence-electron chi connectivity index (χ3n) is 3.46. The Hall–Kier alpha value is -1.81. The molecular formula is C15H17N3S. The fourth-order valence-electron chi connectivity index (χ4n) is 2.30. The van der Waals surface area contributed by atoms with Crippen LogP contribution in [-0.4, -0.2) is 9.55 Å². The molecule has 0 amide bonds. The van der Waals surface area contributed by atoms with E-state index in [1.165, 1.54) is 20.9 Å². The molecule has 0 radical (unpaired) electrons. The number of rotatable bonds is 2. The highest BCUT2D eigenvalue weighted by atomic mass is 32.1. The van der Waals surface area contributed by atoms with Crippen molar-refractivity contribution < 1.29 is 0 Å². The minimum atomic E-state index is 0.587. The number of nitrogens with two attached hydrogens (primary N) is 1. The zero-order valence-electron chi connectivity index (χ0n) is 11.4.